The molecule has 0 amide bonds. The number of aryl methyl sites for hydroxylation is 1. The van der Waals surface area contributed by atoms with Gasteiger partial charge in [0.1, 0.15) is 11.5 Å². The lowest BCUT2D eigenvalue weighted by molar-refractivity contribution is -0.385. The number of rotatable bonds is 5. The van der Waals surface area contributed by atoms with Crippen LogP contribution >= 0.6 is 0 Å². The maximum atomic E-state index is 10.8. The second-order valence-electron chi connectivity index (χ2n) is 5.00. The second-order valence-corrected chi connectivity index (χ2v) is 5.00. The van der Waals surface area contributed by atoms with Crippen LogP contribution in [0.4, 0.5) is 11.5 Å². The van der Waals surface area contributed by atoms with Gasteiger partial charge in [-0.3, -0.25) is 19.8 Å². The number of aromatic nitrogens is 1. The van der Waals surface area contributed by atoms with E-state index in [1.807, 2.05) is 0 Å². The first-order valence-electron chi connectivity index (χ1n) is 6.78. The summed E-state index contributed by atoms with van der Waals surface area (Å²) in [6.45, 7) is 5.20. The van der Waals surface area contributed by atoms with Gasteiger partial charge in [0.05, 0.1) is 11.3 Å². The fourth-order valence-electron chi connectivity index (χ4n) is 2.36. The zero-order chi connectivity index (χ0) is 15.4. The fraction of sp³-hybridized carbons (Fsp3) is 0.538. The monoisotopic (exact) mass is 294 g/mol. The second kappa shape index (κ2) is 6.49. The largest absolute Gasteiger partial charge is 0.481 e. The Morgan fingerprint density at radius 3 is 2.57 bits per heavy atom. The lowest BCUT2D eigenvalue weighted by Gasteiger charge is -2.35. The van der Waals surface area contributed by atoms with Gasteiger partial charge in [0.15, 0.2) is 0 Å². The molecule has 0 spiro atoms. The van der Waals surface area contributed by atoms with Gasteiger partial charge >= 0.3 is 5.97 Å². The van der Waals surface area contributed by atoms with Crippen molar-refractivity contribution in [2.75, 3.05) is 37.6 Å². The number of carbonyl (C=O) groups is 1. The molecule has 0 radical (unpaired) electrons. The van der Waals surface area contributed by atoms with Crippen molar-refractivity contribution in [3.05, 3.63) is 27.9 Å². The van der Waals surface area contributed by atoms with Crippen LogP contribution < -0.4 is 4.90 Å². The summed E-state index contributed by atoms with van der Waals surface area (Å²) in [6, 6.07) is 3.15. The molecular weight excluding hydrogens is 276 g/mol. The van der Waals surface area contributed by atoms with Crippen molar-refractivity contribution in [1.29, 1.82) is 0 Å². The molecule has 8 heteroatoms. The molecule has 0 aromatic carbocycles. The molecule has 1 fully saturated rings. The Labute approximate surface area is 122 Å². The average molecular weight is 294 g/mol. The summed E-state index contributed by atoms with van der Waals surface area (Å²) in [6.07, 6.45) is 0.148. The van der Waals surface area contributed by atoms with Crippen molar-refractivity contribution in [3.63, 3.8) is 0 Å². The first-order chi connectivity index (χ1) is 9.97. The van der Waals surface area contributed by atoms with Crippen LogP contribution in [0.25, 0.3) is 0 Å². The number of anilines is 1. The summed E-state index contributed by atoms with van der Waals surface area (Å²) in [4.78, 5) is 29.3. The molecule has 8 nitrogen and oxygen atoms in total. The molecule has 1 aromatic heterocycles. The highest BCUT2D eigenvalue weighted by Crippen LogP contribution is 2.21. The summed E-state index contributed by atoms with van der Waals surface area (Å²) >= 11 is 0. The quantitative estimate of drug-likeness (QED) is 0.636. The maximum Gasteiger partial charge on any atom is 0.304 e. The van der Waals surface area contributed by atoms with Crippen molar-refractivity contribution in [3.8, 4) is 0 Å². The van der Waals surface area contributed by atoms with Crippen molar-refractivity contribution >= 4 is 17.5 Å². The molecule has 0 atom stereocenters. The molecule has 0 aliphatic carbocycles. The number of nitrogens with zero attached hydrogens (tertiary/aromatic N) is 4. The first kappa shape index (κ1) is 15.2. The number of hydrogen-bond donors (Lipinski definition) is 1. The first-order valence-corrected chi connectivity index (χ1v) is 6.78. The third kappa shape index (κ3) is 3.88. The van der Waals surface area contributed by atoms with E-state index in [0.29, 0.717) is 12.2 Å². The number of carboxylic acids is 1. The third-order valence-electron chi connectivity index (χ3n) is 3.58. The van der Waals surface area contributed by atoms with E-state index in [9.17, 15) is 14.9 Å². The number of carboxylic acid groups (broad SMARTS) is 1. The molecule has 2 rings (SSSR count). The number of nitro groups is 1. The molecule has 0 saturated carbocycles. The van der Waals surface area contributed by atoms with E-state index in [1.165, 1.54) is 6.07 Å². The molecule has 1 N–H and O–H groups in total. The molecule has 0 bridgehead atoms. The minimum atomic E-state index is -0.787. The van der Waals surface area contributed by atoms with E-state index in [0.717, 1.165) is 32.0 Å². The van der Waals surface area contributed by atoms with Crippen LogP contribution in [0.2, 0.25) is 0 Å². The van der Waals surface area contributed by atoms with Crippen LogP contribution in [0, 0.1) is 17.0 Å². The van der Waals surface area contributed by atoms with Gasteiger partial charge in [-0.2, -0.15) is 0 Å². The van der Waals surface area contributed by atoms with Gasteiger partial charge in [-0.1, -0.05) is 0 Å². The predicted octanol–water partition coefficient (Wildman–Crippen LogP) is 0.895. The zero-order valence-electron chi connectivity index (χ0n) is 11.9. The van der Waals surface area contributed by atoms with E-state index >= 15 is 0 Å². The number of hydrogen-bond acceptors (Lipinski definition) is 6. The van der Waals surface area contributed by atoms with Gasteiger partial charge < -0.3 is 10.0 Å². The van der Waals surface area contributed by atoms with E-state index in [1.54, 1.807) is 13.0 Å². The summed E-state index contributed by atoms with van der Waals surface area (Å²) in [5.41, 5.74) is 0.435. The molecule has 114 valence electrons. The molecule has 2 heterocycles. The van der Waals surface area contributed by atoms with Gasteiger partial charge in [-0.05, 0) is 13.0 Å². The van der Waals surface area contributed by atoms with Crippen LogP contribution in [0.5, 0.6) is 0 Å². The molecule has 1 aliphatic rings. The Bertz CT molecular complexity index is 541. The number of pyridine rings is 1. The number of aliphatic carboxylic acids is 1. The standard InChI is InChI=1S/C13H18N4O4/c1-10-11(17(20)21)2-3-12(14-10)16-8-6-15(7-9-16)5-4-13(18)19/h2-3H,4-9H2,1H3,(H,18,19). The maximum absolute atomic E-state index is 10.8. The fourth-order valence-corrected chi connectivity index (χ4v) is 2.36. The Hall–Kier alpha value is -2.22. The minimum Gasteiger partial charge on any atom is -0.481 e. The van der Waals surface area contributed by atoms with Gasteiger partial charge in [-0.15, -0.1) is 0 Å². The van der Waals surface area contributed by atoms with Crippen LogP contribution in [-0.4, -0.2) is 58.6 Å². The topological polar surface area (TPSA) is 99.8 Å². The Kier molecular flexibility index (Phi) is 4.69. The van der Waals surface area contributed by atoms with Gasteiger partial charge in [0.25, 0.3) is 5.69 Å². The SMILES string of the molecule is Cc1nc(N2CCN(CCC(=O)O)CC2)ccc1[N+](=O)[O-]. The molecule has 1 aliphatic heterocycles. The highest BCUT2D eigenvalue weighted by molar-refractivity contribution is 5.66. The van der Waals surface area contributed by atoms with Crippen molar-refractivity contribution in [2.24, 2.45) is 0 Å². The zero-order valence-corrected chi connectivity index (χ0v) is 11.9. The van der Waals surface area contributed by atoms with E-state index in [-0.39, 0.29) is 12.1 Å². The van der Waals surface area contributed by atoms with Crippen molar-refractivity contribution in [2.45, 2.75) is 13.3 Å². The lowest BCUT2D eigenvalue weighted by Crippen LogP contribution is -2.47. The normalized spacial score (nSPS) is 16.0. The average Bonchev–Trinajstić information content (AvgIpc) is 2.45. The van der Waals surface area contributed by atoms with Gasteiger partial charge in [-0.25, -0.2) is 4.98 Å². The summed E-state index contributed by atoms with van der Waals surface area (Å²) in [7, 11) is 0. The summed E-state index contributed by atoms with van der Waals surface area (Å²) in [5.74, 6) is -0.0546. The Morgan fingerprint density at radius 1 is 1.38 bits per heavy atom. The van der Waals surface area contributed by atoms with E-state index in [4.69, 9.17) is 5.11 Å². The highest BCUT2D eigenvalue weighted by Gasteiger charge is 2.20. The molecule has 21 heavy (non-hydrogen) atoms. The Morgan fingerprint density at radius 2 is 2.05 bits per heavy atom. The minimum absolute atomic E-state index is 0.0267. The Balaban J connectivity index is 1.94. The highest BCUT2D eigenvalue weighted by atomic mass is 16.6. The third-order valence-corrected chi connectivity index (χ3v) is 3.58. The van der Waals surface area contributed by atoms with Crippen molar-refractivity contribution < 1.29 is 14.8 Å². The lowest BCUT2D eigenvalue weighted by atomic mass is 10.2. The molecule has 1 saturated heterocycles. The van der Waals surface area contributed by atoms with Crippen LogP contribution in [-0.2, 0) is 4.79 Å². The van der Waals surface area contributed by atoms with Gasteiger partial charge in [0, 0.05) is 38.8 Å². The van der Waals surface area contributed by atoms with Crippen LogP contribution in [0.3, 0.4) is 0 Å². The smallest absolute Gasteiger partial charge is 0.304 e. The van der Waals surface area contributed by atoms with E-state index in [2.05, 4.69) is 14.8 Å². The molecule has 0 unspecified atom stereocenters. The molecular formula is C13H18N4O4. The van der Waals surface area contributed by atoms with Crippen LogP contribution in [0.1, 0.15) is 12.1 Å². The molecule has 1 aromatic rings. The number of piperazine rings is 1. The van der Waals surface area contributed by atoms with Gasteiger partial charge in [0.2, 0.25) is 0 Å². The van der Waals surface area contributed by atoms with Crippen LogP contribution in [0.15, 0.2) is 12.1 Å². The van der Waals surface area contributed by atoms with E-state index < -0.39 is 10.9 Å². The summed E-state index contributed by atoms with van der Waals surface area (Å²) in [5, 5.41) is 19.4. The summed E-state index contributed by atoms with van der Waals surface area (Å²) < 4.78 is 0. The van der Waals surface area contributed by atoms with Crippen molar-refractivity contribution in [1.82, 2.24) is 9.88 Å². The predicted molar refractivity (Wildman–Crippen MR) is 76.5 cm³/mol.